The topological polar surface area (TPSA) is 17.1 Å². The minimum absolute atomic E-state index is 0.176. The Hall–Kier alpha value is -0.850. The lowest BCUT2D eigenvalue weighted by Gasteiger charge is -2.28. The van der Waals surface area contributed by atoms with Gasteiger partial charge in [-0.05, 0) is 37.2 Å². The van der Waals surface area contributed by atoms with E-state index in [1.807, 2.05) is 12.2 Å². The summed E-state index contributed by atoms with van der Waals surface area (Å²) in [6, 6.07) is 0. The van der Waals surface area contributed by atoms with Crippen molar-refractivity contribution in [2.75, 3.05) is 0 Å². The Labute approximate surface area is 86.9 Å². The third kappa shape index (κ3) is 3.49. The normalized spacial score (nSPS) is 20.4. The van der Waals surface area contributed by atoms with Crippen LogP contribution in [0.2, 0.25) is 0 Å². The predicted octanol–water partition coefficient (Wildman–Crippen LogP) is 3.66. The second-order valence-electron chi connectivity index (χ2n) is 4.97. The summed E-state index contributed by atoms with van der Waals surface area (Å²) in [5, 5.41) is 0. The van der Waals surface area contributed by atoms with Crippen LogP contribution in [0, 0.1) is 5.41 Å². The van der Waals surface area contributed by atoms with Crippen molar-refractivity contribution in [2.45, 2.75) is 46.0 Å². The summed E-state index contributed by atoms with van der Waals surface area (Å²) >= 11 is 0. The second-order valence-corrected chi connectivity index (χ2v) is 4.97. The van der Waals surface area contributed by atoms with E-state index < -0.39 is 0 Å². The SMILES string of the molecule is C=CCCCC1=CC(=O)CC(C)(C)C1. The van der Waals surface area contributed by atoms with Crippen LogP contribution in [0.15, 0.2) is 24.3 Å². The van der Waals surface area contributed by atoms with E-state index >= 15 is 0 Å². The molecule has 0 N–H and O–H groups in total. The molecule has 14 heavy (non-hydrogen) atoms. The lowest BCUT2D eigenvalue weighted by atomic mass is 9.76. The van der Waals surface area contributed by atoms with Crippen molar-refractivity contribution in [3.63, 3.8) is 0 Å². The fraction of sp³-hybridized carbons (Fsp3) is 0.615. The van der Waals surface area contributed by atoms with Crippen molar-refractivity contribution in [2.24, 2.45) is 5.41 Å². The first kappa shape index (κ1) is 11.2. The minimum atomic E-state index is 0.176. The van der Waals surface area contributed by atoms with Crippen molar-refractivity contribution in [3.8, 4) is 0 Å². The van der Waals surface area contributed by atoms with Gasteiger partial charge in [0, 0.05) is 6.42 Å². The highest BCUT2D eigenvalue weighted by Crippen LogP contribution is 2.35. The number of carbonyl (C=O) groups is 1. The minimum Gasteiger partial charge on any atom is -0.295 e. The van der Waals surface area contributed by atoms with Gasteiger partial charge in [0.25, 0.3) is 0 Å². The average Bonchev–Trinajstić information content (AvgIpc) is 2.00. The Bertz CT molecular complexity index is 258. The molecule has 0 aromatic heterocycles. The van der Waals surface area contributed by atoms with Crippen LogP contribution < -0.4 is 0 Å². The molecule has 0 fully saturated rings. The van der Waals surface area contributed by atoms with Crippen molar-refractivity contribution in [3.05, 3.63) is 24.3 Å². The van der Waals surface area contributed by atoms with Gasteiger partial charge < -0.3 is 0 Å². The number of unbranched alkanes of at least 4 members (excludes halogenated alkanes) is 1. The van der Waals surface area contributed by atoms with Gasteiger partial charge in [0.05, 0.1) is 0 Å². The third-order valence-electron chi connectivity index (χ3n) is 2.63. The van der Waals surface area contributed by atoms with Crippen LogP contribution in [0.4, 0.5) is 0 Å². The zero-order chi connectivity index (χ0) is 10.6. The van der Waals surface area contributed by atoms with Crippen LogP contribution in [-0.4, -0.2) is 5.78 Å². The molecular weight excluding hydrogens is 172 g/mol. The van der Waals surface area contributed by atoms with E-state index in [1.54, 1.807) is 0 Å². The lowest BCUT2D eigenvalue weighted by Crippen LogP contribution is -2.21. The number of ketones is 1. The Morgan fingerprint density at radius 2 is 2.21 bits per heavy atom. The van der Waals surface area contributed by atoms with E-state index in [9.17, 15) is 4.79 Å². The lowest BCUT2D eigenvalue weighted by molar-refractivity contribution is -0.117. The number of hydrogen-bond acceptors (Lipinski definition) is 1. The molecule has 0 radical (unpaired) electrons. The first-order valence-electron chi connectivity index (χ1n) is 5.37. The molecule has 0 aromatic carbocycles. The molecule has 0 aliphatic heterocycles. The molecule has 1 rings (SSSR count). The van der Waals surface area contributed by atoms with Crippen molar-refractivity contribution < 1.29 is 4.79 Å². The van der Waals surface area contributed by atoms with Crippen molar-refractivity contribution in [1.82, 2.24) is 0 Å². The molecule has 0 saturated heterocycles. The van der Waals surface area contributed by atoms with E-state index in [2.05, 4.69) is 20.4 Å². The fourth-order valence-electron chi connectivity index (χ4n) is 2.11. The van der Waals surface area contributed by atoms with Crippen LogP contribution >= 0.6 is 0 Å². The molecule has 1 heteroatoms. The van der Waals surface area contributed by atoms with E-state index in [0.717, 1.165) is 25.7 Å². The largest absolute Gasteiger partial charge is 0.295 e. The molecule has 0 bridgehead atoms. The maximum atomic E-state index is 11.4. The molecule has 0 atom stereocenters. The first-order chi connectivity index (χ1) is 6.53. The van der Waals surface area contributed by atoms with Gasteiger partial charge in [-0.2, -0.15) is 0 Å². The molecule has 78 valence electrons. The van der Waals surface area contributed by atoms with Gasteiger partial charge in [0.1, 0.15) is 0 Å². The Morgan fingerprint density at radius 3 is 2.79 bits per heavy atom. The average molecular weight is 192 g/mol. The number of allylic oxidation sites excluding steroid dienone is 3. The monoisotopic (exact) mass is 192 g/mol. The van der Waals surface area contributed by atoms with Crippen LogP contribution in [0.25, 0.3) is 0 Å². The van der Waals surface area contributed by atoms with Gasteiger partial charge in [0.15, 0.2) is 5.78 Å². The van der Waals surface area contributed by atoms with Crippen molar-refractivity contribution >= 4 is 5.78 Å². The molecule has 0 heterocycles. The summed E-state index contributed by atoms with van der Waals surface area (Å²) in [6.45, 7) is 8.04. The molecule has 0 aromatic rings. The van der Waals surface area contributed by atoms with Crippen LogP contribution in [0.1, 0.15) is 46.0 Å². The Morgan fingerprint density at radius 1 is 1.50 bits per heavy atom. The molecule has 0 spiro atoms. The smallest absolute Gasteiger partial charge is 0.156 e. The summed E-state index contributed by atoms with van der Waals surface area (Å²) in [7, 11) is 0. The Kier molecular flexibility index (Phi) is 3.68. The standard InChI is InChI=1S/C13H20O/c1-4-5-6-7-11-8-12(14)10-13(2,3)9-11/h4,8H,1,5-7,9-10H2,2-3H3. The van der Waals surface area contributed by atoms with E-state index in [1.165, 1.54) is 5.57 Å². The van der Waals surface area contributed by atoms with Gasteiger partial charge in [-0.3, -0.25) is 4.79 Å². The van der Waals surface area contributed by atoms with Gasteiger partial charge in [-0.15, -0.1) is 6.58 Å². The highest BCUT2D eigenvalue weighted by atomic mass is 16.1. The van der Waals surface area contributed by atoms with E-state index in [-0.39, 0.29) is 5.41 Å². The zero-order valence-corrected chi connectivity index (χ0v) is 9.31. The summed E-state index contributed by atoms with van der Waals surface area (Å²) < 4.78 is 0. The van der Waals surface area contributed by atoms with Crippen LogP contribution in [0.3, 0.4) is 0 Å². The highest BCUT2D eigenvalue weighted by molar-refractivity contribution is 5.91. The maximum Gasteiger partial charge on any atom is 0.156 e. The second kappa shape index (κ2) is 4.59. The molecule has 0 amide bonds. The molecule has 1 aliphatic carbocycles. The molecule has 0 saturated carbocycles. The first-order valence-corrected chi connectivity index (χ1v) is 5.37. The number of hydrogen-bond donors (Lipinski definition) is 0. The summed E-state index contributed by atoms with van der Waals surface area (Å²) in [5.41, 5.74) is 1.50. The number of carbonyl (C=O) groups excluding carboxylic acids is 1. The van der Waals surface area contributed by atoms with Gasteiger partial charge in [-0.1, -0.05) is 25.5 Å². The summed E-state index contributed by atoms with van der Waals surface area (Å²) in [5.74, 6) is 0.301. The maximum absolute atomic E-state index is 11.4. The van der Waals surface area contributed by atoms with Crippen LogP contribution in [0.5, 0.6) is 0 Å². The van der Waals surface area contributed by atoms with Gasteiger partial charge in [-0.25, -0.2) is 0 Å². The molecule has 1 aliphatic rings. The molecule has 1 nitrogen and oxygen atoms in total. The summed E-state index contributed by atoms with van der Waals surface area (Å²) in [4.78, 5) is 11.4. The Balaban J connectivity index is 2.51. The highest BCUT2D eigenvalue weighted by Gasteiger charge is 2.26. The van der Waals surface area contributed by atoms with Gasteiger partial charge in [0.2, 0.25) is 0 Å². The van der Waals surface area contributed by atoms with E-state index in [0.29, 0.717) is 12.2 Å². The van der Waals surface area contributed by atoms with Crippen molar-refractivity contribution in [1.29, 1.82) is 0 Å². The van der Waals surface area contributed by atoms with E-state index in [4.69, 9.17) is 0 Å². The predicted molar refractivity (Wildman–Crippen MR) is 60.2 cm³/mol. The van der Waals surface area contributed by atoms with Gasteiger partial charge >= 0.3 is 0 Å². The zero-order valence-electron chi connectivity index (χ0n) is 9.31. The van der Waals surface area contributed by atoms with Crippen LogP contribution in [-0.2, 0) is 4.79 Å². The quantitative estimate of drug-likeness (QED) is 0.491. The fourth-order valence-corrected chi connectivity index (χ4v) is 2.11. The third-order valence-corrected chi connectivity index (χ3v) is 2.63. The summed E-state index contributed by atoms with van der Waals surface area (Å²) in [6.07, 6.45) is 8.81. The molecular formula is C13H20O. The molecule has 0 unspecified atom stereocenters. The number of rotatable bonds is 4.